The summed E-state index contributed by atoms with van der Waals surface area (Å²) in [5, 5.41) is 2.69. The number of likely N-dealkylation sites (tertiary alicyclic amines) is 1. The molecular weight excluding hydrogens is 340 g/mol. The Morgan fingerprint density at radius 2 is 1.92 bits per heavy atom. The molecule has 148 valence electrons. The molecule has 1 aliphatic heterocycles. The van der Waals surface area contributed by atoms with Gasteiger partial charge in [0.15, 0.2) is 0 Å². The third-order valence-electron chi connectivity index (χ3n) is 4.37. The van der Waals surface area contributed by atoms with E-state index < -0.39 is 35.9 Å². The first-order valence-electron chi connectivity index (χ1n) is 8.89. The van der Waals surface area contributed by atoms with Crippen LogP contribution in [0.4, 0.5) is 0 Å². The normalized spacial score (nSPS) is 19.1. The molecule has 0 unspecified atom stereocenters. The van der Waals surface area contributed by atoms with E-state index in [1.807, 2.05) is 13.8 Å². The first-order chi connectivity index (χ1) is 12.2. The molecule has 0 radical (unpaired) electrons. The lowest BCUT2D eigenvalue weighted by atomic mass is 10.0. The Kier molecular flexibility index (Phi) is 8.50. The van der Waals surface area contributed by atoms with Gasteiger partial charge in [-0.15, -0.1) is 0 Å². The molecule has 0 aliphatic carbocycles. The standard InChI is InChI=1S/C17H30N4O5/c1-10(2)9-12(17(25)26-3)20-15(23)13-5-4-8-21(13)16(24)11(18)6-7-14(19)22/h10-13H,4-9,18H2,1-3H3,(H2,19,22)(H,20,23)/t11-,12-,13-/m0/s1. The highest BCUT2D eigenvalue weighted by Crippen LogP contribution is 2.20. The van der Waals surface area contributed by atoms with E-state index in [2.05, 4.69) is 5.32 Å². The minimum absolute atomic E-state index is 0.0103. The van der Waals surface area contributed by atoms with Crippen molar-refractivity contribution in [3.63, 3.8) is 0 Å². The molecule has 1 saturated heterocycles. The van der Waals surface area contributed by atoms with Crippen molar-refractivity contribution < 1.29 is 23.9 Å². The van der Waals surface area contributed by atoms with Crippen LogP contribution in [0, 0.1) is 5.92 Å². The molecule has 3 amide bonds. The average Bonchev–Trinajstić information content (AvgIpc) is 3.06. The Balaban J connectivity index is 2.75. The van der Waals surface area contributed by atoms with Crippen LogP contribution in [-0.2, 0) is 23.9 Å². The molecular formula is C17H30N4O5. The van der Waals surface area contributed by atoms with Crippen LogP contribution in [0.5, 0.6) is 0 Å². The predicted octanol–water partition coefficient (Wildman–Crippen LogP) is -0.726. The zero-order valence-corrected chi connectivity index (χ0v) is 15.7. The molecule has 0 aromatic heterocycles. The topological polar surface area (TPSA) is 145 Å². The van der Waals surface area contributed by atoms with Gasteiger partial charge in [0, 0.05) is 13.0 Å². The van der Waals surface area contributed by atoms with E-state index in [1.54, 1.807) is 0 Å². The van der Waals surface area contributed by atoms with E-state index in [4.69, 9.17) is 16.2 Å². The number of primary amides is 1. The number of carbonyl (C=O) groups is 4. The van der Waals surface area contributed by atoms with Gasteiger partial charge in [-0.1, -0.05) is 13.8 Å². The highest BCUT2D eigenvalue weighted by Gasteiger charge is 2.37. The second kappa shape index (κ2) is 10.1. The number of carbonyl (C=O) groups excluding carboxylic acids is 4. The lowest BCUT2D eigenvalue weighted by Crippen LogP contribution is -2.54. The number of ether oxygens (including phenoxy) is 1. The predicted molar refractivity (Wildman–Crippen MR) is 94.5 cm³/mol. The maximum atomic E-state index is 12.6. The fourth-order valence-corrected chi connectivity index (χ4v) is 3.03. The first-order valence-corrected chi connectivity index (χ1v) is 8.89. The number of rotatable bonds is 9. The summed E-state index contributed by atoms with van der Waals surface area (Å²) in [5.41, 5.74) is 10.9. The number of nitrogens with two attached hydrogens (primary N) is 2. The van der Waals surface area contributed by atoms with Gasteiger partial charge in [0.05, 0.1) is 13.2 Å². The van der Waals surface area contributed by atoms with Crippen LogP contribution >= 0.6 is 0 Å². The lowest BCUT2D eigenvalue weighted by Gasteiger charge is -2.28. The quantitative estimate of drug-likeness (QED) is 0.457. The Morgan fingerprint density at radius 1 is 1.27 bits per heavy atom. The molecule has 1 aliphatic rings. The van der Waals surface area contributed by atoms with Crippen molar-refractivity contribution in [3.8, 4) is 0 Å². The zero-order chi connectivity index (χ0) is 19.9. The maximum absolute atomic E-state index is 12.6. The molecule has 1 rings (SSSR count). The molecule has 0 saturated carbocycles. The van der Waals surface area contributed by atoms with Crippen LogP contribution in [0.1, 0.15) is 46.0 Å². The SMILES string of the molecule is COC(=O)[C@H](CC(C)C)NC(=O)[C@@H]1CCCN1C(=O)[C@@H](N)CCC(N)=O. The molecule has 0 aromatic rings. The van der Waals surface area contributed by atoms with Gasteiger partial charge in [0.25, 0.3) is 0 Å². The molecule has 0 aromatic carbocycles. The number of nitrogens with one attached hydrogen (secondary N) is 1. The van der Waals surface area contributed by atoms with E-state index in [1.165, 1.54) is 12.0 Å². The van der Waals surface area contributed by atoms with Crippen LogP contribution in [0.2, 0.25) is 0 Å². The maximum Gasteiger partial charge on any atom is 0.328 e. The van der Waals surface area contributed by atoms with E-state index in [0.717, 1.165) is 0 Å². The summed E-state index contributed by atoms with van der Waals surface area (Å²) >= 11 is 0. The van der Waals surface area contributed by atoms with Gasteiger partial charge in [-0.3, -0.25) is 14.4 Å². The minimum atomic E-state index is -0.886. The van der Waals surface area contributed by atoms with Crippen molar-refractivity contribution in [2.45, 2.75) is 64.1 Å². The summed E-state index contributed by atoms with van der Waals surface area (Å²) in [7, 11) is 1.27. The number of hydrogen-bond acceptors (Lipinski definition) is 6. The Morgan fingerprint density at radius 3 is 2.46 bits per heavy atom. The summed E-state index contributed by atoms with van der Waals surface area (Å²) in [6.07, 6.45) is 1.75. The second-order valence-corrected chi connectivity index (χ2v) is 7.02. The molecule has 0 spiro atoms. The molecule has 3 atom stereocenters. The molecule has 0 bridgehead atoms. The van der Waals surface area contributed by atoms with Gasteiger partial charge in [-0.25, -0.2) is 4.79 Å². The van der Waals surface area contributed by atoms with Gasteiger partial charge in [0.2, 0.25) is 17.7 Å². The molecule has 1 fully saturated rings. The average molecular weight is 370 g/mol. The zero-order valence-electron chi connectivity index (χ0n) is 15.7. The molecule has 26 heavy (non-hydrogen) atoms. The second-order valence-electron chi connectivity index (χ2n) is 7.02. The third kappa shape index (κ3) is 6.29. The Hall–Kier alpha value is -2.16. The fraction of sp³-hybridized carbons (Fsp3) is 0.765. The van der Waals surface area contributed by atoms with Gasteiger partial charge >= 0.3 is 5.97 Å². The number of nitrogens with zero attached hydrogens (tertiary/aromatic N) is 1. The van der Waals surface area contributed by atoms with Crippen molar-refractivity contribution in [1.29, 1.82) is 0 Å². The van der Waals surface area contributed by atoms with E-state index in [-0.39, 0.29) is 24.7 Å². The number of esters is 1. The first kappa shape index (κ1) is 21.9. The largest absolute Gasteiger partial charge is 0.467 e. The highest BCUT2D eigenvalue weighted by molar-refractivity contribution is 5.92. The summed E-state index contributed by atoms with van der Waals surface area (Å²) < 4.78 is 4.75. The van der Waals surface area contributed by atoms with Crippen LogP contribution in [-0.4, -0.2) is 60.4 Å². The molecule has 9 heteroatoms. The van der Waals surface area contributed by atoms with Crippen LogP contribution in [0.15, 0.2) is 0 Å². The fourth-order valence-electron chi connectivity index (χ4n) is 3.03. The summed E-state index contributed by atoms with van der Waals surface area (Å²) in [4.78, 5) is 49.3. The van der Waals surface area contributed by atoms with Gasteiger partial charge in [-0.2, -0.15) is 0 Å². The van der Waals surface area contributed by atoms with E-state index in [9.17, 15) is 19.2 Å². The van der Waals surface area contributed by atoms with Crippen molar-refractivity contribution in [3.05, 3.63) is 0 Å². The number of hydrogen-bond donors (Lipinski definition) is 3. The summed E-state index contributed by atoms with van der Waals surface area (Å²) in [5.74, 6) is -1.64. The smallest absolute Gasteiger partial charge is 0.328 e. The van der Waals surface area contributed by atoms with Crippen molar-refractivity contribution in [1.82, 2.24) is 10.2 Å². The Bertz CT molecular complexity index is 537. The lowest BCUT2D eigenvalue weighted by molar-refractivity contribution is -0.147. The molecule has 1 heterocycles. The van der Waals surface area contributed by atoms with E-state index in [0.29, 0.717) is 25.8 Å². The van der Waals surface area contributed by atoms with Crippen molar-refractivity contribution in [2.24, 2.45) is 17.4 Å². The molecule has 9 nitrogen and oxygen atoms in total. The summed E-state index contributed by atoms with van der Waals surface area (Å²) in [6.45, 7) is 4.28. The Labute approximate surface area is 153 Å². The van der Waals surface area contributed by atoms with Crippen LogP contribution < -0.4 is 16.8 Å². The highest BCUT2D eigenvalue weighted by atomic mass is 16.5. The summed E-state index contributed by atoms with van der Waals surface area (Å²) in [6, 6.07) is -2.32. The van der Waals surface area contributed by atoms with E-state index >= 15 is 0 Å². The van der Waals surface area contributed by atoms with Crippen LogP contribution in [0.3, 0.4) is 0 Å². The van der Waals surface area contributed by atoms with Gasteiger partial charge in [0.1, 0.15) is 12.1 Å². The van der Waals surface area contributed by atoms with Crippen molar-refractivity contribution in [2.75, 3.05) is 13.7 Å². The van der Waals surface area contributed by atoms with Gasteiger partial charge < -0.3 is 26.4 Å². The number of amides is 3. The minimum Gasteiger partial charge on any atom is -0.467 e. The van der Waals surface area contributed by atoms with Gasteiger partial charge in [-0.05, 0) is 31.6 Å². The third-order valence-corrected chi connectivity index (χ3v) is 4.37. The van der Waals surface area contributed by atoms with Crippen LogP contribution in [0.25, 0.3) is 0 Å². The monoisotopic (exact) mass is 370 g/mol. The number of methoxy groups -OCH3 is 1. The van der Waals surface area contributed by atoms with Crippen molar-refractivity contribution >= 4 is 23.7 Å². The molecule has 5 N–H and O–H groups in total.